The molecule has 0 saturated carbocycles. The number of likely N-dealkylation sites (N-methyl/N-ethyl adjacent to an activating group) is 1. The number of sulfonamides is 1. The van der Waals surface area contributed by atoms with Crippen molar-refractivity contribution in [3.63, 3.8) is 0 Å². The second-order valence-corrected chi connectivity index (χ2v) is 6.15. The maximum atomic E-state index is 12.2. The van der Waals surface area contributed by atoms with E-state index in [0.717, 1.165) is 4.31 Å². The van der Waals surface area contributed by atoms with E-state index >= 15 is 0 Å². The highest BCUT2D eigenvalue weighted by atomic mass is 32.2. The molecule has 0 aliphatic carbocycles. The summed E-state index contributed by atoms with van der Waals surface area (Å²) in [6.07, 6.45) is 0. The molecule has 19 heavy (non-hydrogen) atoms. The molecule has 0 heterocycles. The molecule has 0 aliphatic heterocycles. The van der Waals surface area contributed by atoms with E-state index in [-0.39, 0.29) is 17.4 Å². The molecule has 0 bridgehead atoms. The normalized spacial score (nSPS) is 13.3. The number of benzene rings is 1. The molecule has 1 unspecified atom stereocenters. The third-order valence-electron chi connectivity index (χ3n) is 2.91. The highest BCUT2D eigenvalue weighted by molar-refractivity contribution is 7.89. The molecule has 0 radical (unpaired) electrons. The van der Waals surface area contributed by atoms with Crippen molar-refractivity contribution < 1.29 is 18.3 Å². The molecule has 0 aliphatic rings. The molecule has 0 saturated heterocycles. The van der Waals surface area contributed by atoms with Crippen molar-refractivity contribution in [2.75, 3.05) is 20.7 Å². The monoisotopic (exact) mass is 286 g/mol. The molecule has 1 rings (SSSR count). The number of carbonyl (C=O) groups is 1. The molecular formula is C12H18N2O4S. The third kappa shape index (κ3) is 3.31. The SMILES string of the molecule is CNC(=O)c1ccc(S(=O)(=O)N(C)C(C)CO)cc1. The number of aliphatic hydroxyl groups is 1. The molecule has 2 N–H and O–H groups in total. The summed E-state index contributed by atoms with van der Waals surface area (Å²) in [5.74, 6) is -0.277. The van der Waals surface area contributed by atoms with Crippen LogP contribution in [0.3, 0.4) is 0 Å². The summed E-state index contributed by atoms with van der Waals surface area (Å²) in [7, 11) is -0.749. The van der Waals surface area contributed by atoms with Crippen LogP contribution in [0.25, 0.3) is 0 Å². The predicted octanol–water partition coefficient (Wildman–Crippen LogP) is 0.0475. The first-order chi connectivity index (χ1) is 8.84. The molecule has 0 spiro atoms. The van der Waals surface area contributed by atoms with Gasteiger partial charge in [-0.05, 0) is 31.2 Å². The lowest BCUT2D eigenvalue weighted by atomic mass is 10.2. The van der Waals surface area contributed by atoms with Crippen molar-refractivity contribution in [3.8, 4) is 0 Å². The minimum atomic E-state index is -3.66. The van der Waals surface area contributed by atoms with Crippen molar-refractivity contribution in [2.24, 2.45) is 0 Å². The van der Waals surface area contributed by atoms with Gasteiger partial charge in [-0.2, -0.15) is 4.31 Å². The highest BCUT2D eigenvalue weighted by Crippen LogP contribution is 2.17. The Bertz CT molecular complexity index is 539. The zero-order valence-corrected chi connectivity index (χ0v) is 11.9. The van der Waals surface area contributed by atoms with E-state index in [2.05, 4.69) is 5.32 Å². The quantitative estimate of drug-likeness (QED) is 0.800. The Balaban J connectivity index is 3.06. The maximum Gasteiger partial charge on any atom is 0.251 e. The molecule has 106 valence electrons. The van der Waals surface area contributed by atoms with Gasteiger partial charge >= 0.3 is 0 Å². The van der Waals surface area contributed by atoms with Crippen molar-refractivity contribution in [2.45, 2.75) is 17.9 Å². The lowest BCUT2D eigenvalue weighted by Gasteiger charge is -2.22. The van der Waals surface area contributed by atoms with Gasteiger partial charge in [0.25, 0.3) is 5.91 Å². The van der Waals surface area contributed by atoms with Gasteiger partial charge < -0.3 is 10.4 Å². The second kappa shape index (κ2) is 6.14. The second-order valence-electron chi connectivity index (χ2n) is 4.16. The zero-order chi connectivity index (χ0) is 14.6. The van der Waals surface area contributed by atoms with Gasteiger partial charge in [-0.1, -0.05) is 0 Å². The summed E-state index contributed by atoms with van der Waals surface area (Å²) in [6, 6.07) is 5.14. The average molecular weight is 286 g/mol. The van der Waals surface area contributed by atoms with Crippen molar-refractivity contribution in [3.05, 3.63) is 29.8 Å². The van der Waals surface area contributed by atoms with E-state index in [0.29, 0.717) is 5.56 Å². The van der Waals surface area contributed by atoms with Gasteiger partial charge in [-0.15, -0.1) is 0 Å². The number of nitrogens with one attached hydrogen (secondary N) is 1. The Morgan fingerprint density at radius 2 is 1.89 bits per heavy atom. The van der Waals surface area contributed by atoms with Crippen LogP contribution in [0.5, 0.6) is 0 Å². The summed E-state index contributed by atoms with van der Waals surface area (Å²) in [5, 5.41) is 11.5. The molecule has 1 atom stereocenters. The fourth-order valence-electron chi connectivity index (χ4n) is 1.44. The van der Waals surface area contributed by atoms with Gasteiger partial charge in [0, 0.05) is 25.7 Å². The number of carbonyl (C=O) groups excluding carboxylic acids is 1. The van der Waals surface area contributed by atoms with Gasteiger partial charge in [-0.3, -0.25) is 4.79 Å². The van der Waals surface area contributed by atoms with Crippen LogP contribution in [0.4, 0.5) is 0 Å². The van der Waals surface area contributed by atoms with Crippen LogP contribution >= 0.6 is 0 Å². The topological polar surface area (TPSA) is 86.7 Å². The number of hydrogen-bond acceptors (Lipinski definition) is 4. The summed E-state index contributed by atoms with van der Waals surface area (Å²) in [4.78, 5) is 11.4. The summed E-state index contributed by atoms with van der Waals surface area (Å²) >= 11 is 0. The van der Waals surface area contributed by atoms with Crippen LogP contribution in [0.1, 0.15) is 17.3 Å². The minimum Gasteiger partial charge on any atom is -0.395 e. The average Bonchev–Trinajstić information content (AvgIpc) is 2.44. The predicted molar refractivity (Wildman–Crippen MR) is 71.3 cm³/mol. The van der Waals surface area contributed by atoms with Gasteiger partial charge in [0.05, 0.1) is 11.5 Å². The molecule has 6 nitrogen and oxygen atoms in total. The smallest absolute Gasteiger partial charge is 0.251 e. The fourth-order valence-corrected chi connectivity index (χ4v) is 2.79. The fraction of sp³-hybridized carbons (Fsp3) is 0.417. The van der Waals surface area contributed by atoms with Gasteiger partial charge in [-0.25, -0.2) is 8.42 Å². The Morgan fingerprint density at radius 1 is 1.37 bits per heavy atom. The zero-order valence-electron chi connectivity index (χ0n) is 11.1. The van der Waals surface area contributed by atoms with Crippen LogP contribution in [0, 0.1) is 0 Å². The first-order valence-corrected chi connectivity index (χ1v) is 7.19. The van der Waals surface area contributed by atoms with E-state index in [4.69, 9.17) is 5.11 Å². The molecule has 0 aromatic heterocycles. The summed E-state index contributed by atoms with van der Waals surface area (Å²) in [5.41, 5.74) is 0.388. The van der Waals surface area contributed by atoms with Gasteiger partial charge in [0.1, 0.15) is 0 Å². The number of hydrogen-bond donors (Lipinski definition) is 2. The number of amides is 1. The first kappa shape index (κ1) is 15.6. The van der Waals surface area contributed by atoms with Crippen LogP contribution in [-0.2, 0) is 10.0 Å². The van der Waals surface area contributed by atoms with E-state index in [1.54, 1.807) is 6.92 Å². The molecule has 1 aromatic rings. The maximum absolute atomic E-state index is 12.2. The van der Waals surface area contributed by atoms with E-state index in [1.807, 2.05) is 0 Å². The molecule has 1 aromatic carbocycles. The van der Waals surface area contributed by atoms with Crippen molar-refractivity contribution >= 4 is 15.9 Å². The van der Waals surface area contributed by atoms with Gasteiger partial charge in [0.15, 0.2) is 0 Å². The van der Waals surface area contributed by atoms with Crippen LogP contribution in [-0.4, -0.2) is 50.5 Å². The number of aliphatic hydroxyl groups excluding tert-OH is 1. The lowest BCUT2D eigenvalue weighted by molar-refractivity contribution is 0.0963. The summed E-state index contributed by atoms with van der Waals surface area (Å²) < 4.78 is 25.5. The minimum absolute atomic E-state index is 0.0861. The van der Waals surface area contributed by atoms with E-state index in [9.17, 15) is 13.2 Å². The Hall–Kier alpha value is -1.44. The Labute approximate surface area is 113 Å². The van der Waals surface area contributed by atoms with Crippen molar-refractivity contribution in [1.29, 1.82) is 0 Å². The van der Waals surface area contributed by atoms with E-state index < -0.39 is 16.1 Å². The largest absolute Gasteiger partial charge is 0.395 e. The number of rotatable bonds is 5. The molecule has 0 fully saturated rings. The molecule has 7 heteroatoms. The highest BCUT2D eigenvalue weighted by Gasteiger charge is 2.24. The van der Waals surface area contributed by atoms with Crippen LogP contribution in [0.15, 0.2) is 29.2 Å². The molecular weight excluding hydrogens is 268 g/mol. The molecule has 1 amide bonds. The Kier molecular flexibility index (Phi) is 5.04. The lowest BCUT2D eigenvalue weighted by Crippen LogP contribution is -2.37. The number of nitrogens with zero attached hydrogens (tertiary/aromatic N) is 1. The van der Waals surface area contributed by atoms with Crippen molar-refractivity contribution in [1.82, 2.24) is 9.62 Å². The van der Waals surface area contributed by atoms with Gasteiger partial charge in [0.2, 0.25) is 10.0 Å². The Morgan fingerprint density at radius 3 is 2.32 bits per heavy atom. The standard InChI is InChI=1S/C12H18N2O4S/c1-9(8-15)14(3)19(17,18)11-6-4-10(5-7-11)12(16)13-2/h4-7,9,15H,8H2,1-3H3,(H,13,16). The van der Waals surface area contributed by atoms with Crippen LogP contribution < -0.4 is 5.32 Å². The summed E-state index contributed by atoms with van der Waals surface area (Å²) in [6.45, 7) is 1.35. The third-order valence-corrected chi connectivity index (χ3v) is 4.89. The first-order valence-electron chi connectivity index (χ1n) is 5.75. The van der Waals surface area contributed by atoms with E-state index in [1.165, 1.54) is 38.4 Å². The van der Waals surface area contributed by atoms with Crippen LogP contribution in [0.2, 0.25) is 0 Å².